The molecule has 0 radical (unpaired) electrons. The molecule has 0 aliphatic carbocycles. The highest BCUT2D eigenvalue weighted by Crippen LogP contribution is 2.06. The average Bonchev–Trinajstić information content (AvgIpc) is 2.26. The number of benzene rings is 1. The van der Waals surface area contributed by atoms with Crippen LogP contribution >= 0.6 is 0 Å². The summed E-state index contributed by atoms with van der Waals surface area (Å²) in [5.41, 5.74) is 2.68. The van der Waals surface area contributed by atoms with E-state index in [1.54, 1.807) is 7.11 Å². The second-order valence-corrected chi connectivity index (χ2v) is 3.76. The predicted molar refractivity (Wildman–Crippen MR) is 61.9 cm³/mol. The summed E-state index contributed by atoms with van der Waals surface area (Å²) < 4.78 is 10.4. The molecule has 84 valence electrons. The third kappa shape index (κ3) is 4.96. The Labute approximate surface area is 92.2 Å². The van der Waals surface area contributed by atoms with E-state index in [0.29, 0.717) is 0 Å². The Morgan fingerprint density at radius 3 is 2.47 bits per heavy atom. The lowest BCUT2D eigenvalue weighted by Gasteiger charge is -2.10. The van der Waals surface area contributed by atoms with E-state index >= 15 is 0 Å². The van der Waals surface area contributed by atoms with Crippen molar-refractivity contribution in [3.63, 3.8) is 0 Å². The van der Waals surface area contributed by atoms with Crippen LogP contribution in [-0.2, 0) is 15.9 Å². The molecular weight excluding hydrogens is 188 g/mol. The van der Waals surface area contributed by atoms with Gasteiger partial charge in [-0.15, -0.1) is 0 Å². The minimum absolute atomic E-state index is 0.0944. The van der Waals surface area contributed by atoms with Crippen molar-refractivity contribution in [2.24, 2.45) is 0 Å². The van der Waals surface area contributed by atoms with E-state index < -0.39 is 0 Å². The van der Waals surface area contributed by atoms with Crippen molar-refractivity contribution in [3.05, 3.63) is 35.4 Å². The van der Waals surface area contributed by atoms with E-state index in [2.05, 4.69) is 31.2 Å². The largest absolute Gasteiger partial charge is 0.356 e. The van der Waals surface area contributed by atoms with E-state index in [0.717, 1.165) is 19.4 Å². The molecule has 1 rings (SSSR count). The highest BCUT2D eigenvalue weighted by Gasteiger charge is 1.98. The highest BCUT2D eigenvalue weighted by atomic mass is 16.7. The molecule has 0 heterocycles. The summed E-state index contributed by atoms with van der Waals surface area (Å²) in [5.74, 6) is 0. The minimum atomic E-state index is -0.0944. The molecule has 1 aromatic carbocycles. The Morgan fingerprint density at radius 2 is 1.87 bits per heavy atom. The number of hydrogen-bond donors (Lipinski definition) is 0. The van der Waals surface area contributed by atoms with Crippen molar-refractivity contribution in [3.8, 4) is 0 Å². The number of rotatable bonds is 6. The molecular formula is C13H20O2. The summed E-state index contributed by atoms with van der Waals surface area (Å²) in [4.78, 5) is 0. The summed E-state index contributed by atoms with van der Waals surface area (Å²) in [6.45, 7) is 4.77. The van der Waals surface area contributed by atoms with Gasteiger partial charge in [-0.1, -0.05) is 29.8 Å². The van der Waals surface area contributed by atoms with Gasteiger partial charge in [-0.2, -0.15) is 0 Å². The van der Waals surface area contributed by atoms with Crippen LogP contribution in [0.2, 0.25) is 0 Å². The first kappa shape index (κ1) is 12.2. The first-order valence-electron chi connectivity index (χ1n) is 5.42. The van der Waals surface area contributed by atoms with Gasteiger partial charge in [0.05, 0.1) is 6.61 Å². The van der Waals surface area contributed by atoms with Crippen LogP contribution in [-0.4, -0.2) is 20.0 Å². The van der Waals surface area contributed by atoms with E-state index in [-0.39, 0.29) is 6.29 Å². The lowest BCUT2D eigenvalue weighted by Crippen LogP contribution is -2.11. The van der Waals surface area contributed by atoms with Crippen molar-refractivity contribution < 1.29 is 9.47 Å². The second-order valence-electron chi connectivity index (χ2n) is 3.76. The predicted octanol–water partition coefficient (Wildman–Crippen LogP) is 2.94. The van der Waals surface area contributed by atoms with Gasteiger partial charge < -0.3 is 9.47 Å². The monoisotopic (exact) mass is 208 g/mol. The number of aryl methyl sites for hydroxylation is 2. The van der Waals surface area contributed by atoms with Gasteiger partial charge in [-0.05, 0) is 32.3 Å². The van der Waals surface area contributed by atoms with E-state index in [1.165, 1.54) is 11.1 Å². The van der Waals surface area contributed by atoms with Gasteiger partial charge in [0.25, 0.3) is 0 Å². The molecule has 1 atom stereocenters. The summed E-state index contributed by atoms with van der Waals surface area (Å²) in [6, 6.07) is 8.64. The summed E-state index contributed by atoms with van der Waals surface area (Å²) in [6.07, 6.45) is 2.01. The lowest BCUT2D eigenvalue weighted by molar-refractivity contribution is -0.111. The van der Waals surface area contributed by atoms with Gasteiger partial charge in [0.2, 0.25) is 0 Å². The normalized spacial score (nSPS) is 12.7. The molecule has 1 aromatic rings. The highest BCUT2D eigenvalue weighted by molar-refractivity contribution is 5.21. The summed E-state index contributed by atoms with van der Waals surface area (Å²) >= 11 is 0. The maximum Gasteiger partial charge on any atom is 0.154 e. The van der Waals surface area contributed by atoms with Gasteiger partial charge in [0.15, 0.2) is 6.29 Å². The van der Waals surface area contributed by atoms with Crippen LogP contribution in [0, 0.1) is 6.92 Å². The van der Waals surface area contributed by atoms with Gasteiger partial charge in [0.1, 0.15) is 0 Å². The molecule has 0 fully saturated rings. The van der Waals surface area contributed by atoms with Crippen molar-refractivity contribution in [2.75, 3.05) is 13.7 Å². The molecule has 2 nitrogen and oxygen atoms in total. The Morgan fingerprint density at radius 1 is 1.20 bits per heavy atom. The van der Waals surface area contributed by atoms with Crippen molar-refractivity contribution in [2.45, 2.75) is 33.0 Å². The molecule has 0 N–H and O–H groups in total. The number of methoxy groups -OCH3 is 1. The quantitative estimate of drug-likeness (QED) is 0.528. The van der Waals surface area contributed by atoms with E-state index in [4.69, 9.17) is 9.47 Å². The molecule has 0 spiro atoms. The Kier molecular flexibility index (Phi) is 5.37. The van der Waals surface area contributed by atoms with Crippen LogP contribution in [0.15, 0.2) is 24.3 Å². The van der Waals surface area contributed by atoms with Crippen LogP contribution < -0.4 is 0 Å². The molecule has 2 heteroatoms. The molecule has 0 amide bonds. The molecule has 0 saturated heterocycles. The average molecular weight is 208 g/mol. The minimum Gasteiger partial charge on any atom is -0.356 e. The fourth-order valence-corrected chi connectivity index (χ4v) is 1.35. The maximum atomic E-state index is 5.41. The molecule has 0 aromatic heterocycles. The third-order valence-electron chi connectivity index (χ3n) is 2.41. The zero-order valence-corrected chi connectivity index (χ0v) is 9.82. The van der Waals surface area contributed by atoms with Crippen molar-refractivity contribution >= 4 is 0 Å². The third-order valence-corrected chi connectivity index (χ3v) is 2.41. The maximum absolute atomic E-state index is 5.41. The zero-order valence-electron chi connectivity index (χ0n) is 9.82. The molecule has 15 heavy (non-hydrogen) atoms. The van der Waals surface area contributed by atoms with E-state index in [1.807, 2.05) is 6.92 Å². The van der Waals surface area contributed by atoms with Crippen LogP contribution in [0.1, 0.15) is 24.5 Å². The molecule has 0 aliphatic rings. The van der Waals surface area contributed by atoms with Gasteiger partial charge >= 0.3 is 0 Å². The van der Waals surface area contributed by atoms with Crippen LogP contribution in [0.4, 0.5) is 0 Å². The first-order valence-corrected chi connectivity index (χ1v) is 5.42. The van der Waals surface area contributed by atoms with Crippen molar-refractivity contribution in [1.82, 2.24) is 0 Å². The SMILES string of the molecule is COC(C)OCCCc1ccc(C)cc1. The van der Waals surface area contributed by atoms with Gasteiger partial charge in [-0.3, -0.25) is 0 Å². The smallest absolute Gasteiger partial charge is 0.154 e. The standard InChI is InChI=1S/C13H20O2/c1-11-6-8-13(9-7-11)5-4-10-15-12(2)14-3/h6-9,12H,4-5,10H2,1-3H3. The summed E-state index contributed by atoms with van der Waals surface area (Å²) in [7, 11) is 1.66. The second kappa shape index (κ2) is 6.59. The number of ether oxygens (including phenoxy) is 2. The molecule has 0 aliphatic heterocycles. The Bertz CT molecular complexity index is 266. The lowest BCUT2D eigenvalue weighted by atomic mass is 10.1. The molecule has 0 saturated carbocycles. The van der Waals surface area contributed by atoms with Crippen LogP contribution in [0.25, 0.3) is 0 Å². The fraction of sp³-hybridized carbons (Fsp3) is 0.538. The number of hydrogen-bond acceptors (Lipinski definition) is 2. The fourth-order valence-electron chi connectivity index (χ4n) is 1.35. The van der Waals surface area contributed by atoms with Gasteiger partial charge in [-0.25, -0.2) is 0 Å². The Hall–Kier alpha value is -0.860. The van der Waals surface area contributed by atoms with Gasteiger partial charge in [0, 0.05) is 7.11 Å². The molecule has 0 bridgehead atoms. The molecule has 1 unspecified atom stereocenters. The van der Waals surface area contributed by atoms with Crippen molar-refractivity contribution in [1.29, 1.82) is 0 Å². The zero-order chi connectivity index (χ0) is 11.1. The Balaban J connectivity index is 2.17. The topological polar surface area (TPSA) is 18.5 Å². The first-order chi connectivity index (χ1) is 7.22. The van der Waals surface area contributed by atoms with E-state index in [9.17, 15) is 0 Å². The van der Waals surface area contributed by atoms with Crippen LogP contribution in [0.5, 0.6) is 0 Å². The summed E-state index contributed by atoms with van der Waals surface area (Å²) in [5, 5.41) is 0. The van der Waals surface area contributed by atoms with Crippen LogP contribution in [0.3, 0.4) is 0 Å².